The SMILES string of the molecule is C.COc1ccc(COC(=O)[C@H](CCCN=C(N)NS(=O)(=O)c2c(C)c(C)c3c(c2C)CC(C)(C)O3)NC(=O)OCC2c3ccccc3-c3ccccc32)cc1. The van der Waals surface area contributed by atoms with Crippen molar-refractivity contribution in [2.24, 2.45) is 10.7 Å². The van der Waals surface area contributed by atoms with E-state index in [4.69, 9.17) is 24.7 Å². The van der Waals surface area contributed by atoms with Gasteiger partial charge in [-0.25, -0.2) is 22.7 Å². The number of hydrogen-bond donors (Lipinski definition) is 3. The first kappa shape index (κ1) is 41.6. The van der Waals surface area contributed by atoms with Gasteiger partial charge in [0.25, 0.3) is 10.0 Å². The Hall–Kier alpha value is -5.56. The molecule has 1 aliphatic carbocycles. The number of alkyl carbamates (subject to hydrolysis) is 1. The molecule has 4 N–H and O–H groups in total. The van der Waals surface area contributed by atoms with Crippen molar-refractivity contribution in [2.75, 3.05) is 20.3 Å². The lowest BCUT2D eigenvalue weighted by molar-refractivity contribution is -0.147. The minimum Gasteiger partial charge on any atom is -0.497 e. The molecule has 13 heteroatoms. The third-order valence-corrected chi connectivity index (χ3v) is 11.8. The van der Waals surface area contributed by atoms with E-state index < -0.39 is 33.7 Å². The summed E-state index contributed by atoms with van der Waals surface area (Å²) in [6.07, 6.45) is 0.187. The van der Waals surface area contributed by atoms with Crippen molar-refractivity contribution in [1.82, 2.24) is 10.0 Å². The van der Waals surface area contributed by atoms with Crippen molar-refractivity contribution < 1.29 is 37.0 Å². The van der Waals surface area contributed by atoms with Crippen LogP contribution >= 0.6 is 0 Å². The number of methoxy groups -OCH3 is 1. The summed E-state index contributed by atoms with van der Waals surface area (Å²) in [6, 6.07) is 22.0. The van der Waals surface area contributed by atoms with Crippen molar-refractivity contribution in [3.63, 3.8) is 0 Å². The molecule has 1 atom stereocenters. The Morgan fingerprint density at radius 3 is 2.18 bits per heavy atom. The van der Waals surface area contributed by atoms with E-state index in [1.165, 1.54) is 0 Å². The average Bonchev–Trinajstić information content (AvgIpc) is 3.67. The molecule has 56 heavy (non-hydrogen) atoms. The Morgan fingerprint density at radius 1 is 0.929 bits per heavy atom. The first-order valence-electron chi connectivity index (χ1n) is 18.2. The summed E-state index contributed by atoms with van der Waals surface area (Å²) in [7, 11) is -2.53. The zero-order chi connectivity index (χ0) is 39.5. The van der Waals surface area contributed by atoms with Crippen molar-refractivity contribution >= 4 is 28.0 Å². The number of esters is 1. The number of benzene rings is 4. The maximum atomic E-state index is 13.6. The number of nitrogens with two attached hydrogens (primary N) is 1. The summed E-state index contributed by atoms with van der Waals surface area (Å²) in [5, 5.41) is 2.68. The van der Waals surface area contributed by atoms with Gasteiger partial charge in [0.05, 0.1) is 12.0 Å². The smallest absolute Gasteiger partial charge is 0.407 e. The molecule has 0 unspecified atom stereocenters. The van der Waals surface area contributed by atoms with E-state index in [2.05, 4.69) is 27.2 Å². The highest BCUT2D eigenvalue weighted by molar-refractivity contribution is 7.90. The molecule has 12 nitrogen and oxygen atoms in total. The van der Waals surface area contributed by atoms with Crippen LogP contribution in [-0.4, -0.2) is 58.3 Å². The number of carbonyl (C=O) groups is 2. The van der Waals surface area contributed by atoms with Crippen LogP contribution in [0.5, 0.6) is 11.5 Å². The monoisotopic (exact) mass is 784 g/mol. The third-order valence-electron chi connectivity index (χ3n) is 10.2. The molecule has 4 aromatic rings. The van der Waals surface area contributed by atoms with Crippen LogP contribution in [0.15, 0.2) is 82.7 Å². The number of fused-ring (bicyclic) bond motifs is 4. The lowest BCUT2D eigenvalue weighted by Gasteiger charge is -2.19. The van der Waals surface area contributed by atoms with Gasteiger partial charge in [-0.3, -0.25) is 4.99 Å². The van der Waals surface area contributed by atoms with Gasteiger partial charge in [0.1, 0.15) is 36.4 Å². The average molecular weight is 785 g/mol. The number of hydrogen-bond acceptors (Lipinski definition) is 9. The Morgan fingerprint density at radius 2 is 1.55 bits per heavy atom. The molecule has 298 valence electrons. The number of rotatable bonds is 13. The molecule has 0 fully saturated rings. The Balaban J connectivity index is 0.00000600. The van der Waals surface area contributed by atoms with Crippen LogP contribution in [0.1, 0.15) is 79.0 Å². The van der Waals surface area contributed by atoms with E-state index in [0.29, 0.717) is 23.3 Å². The molecule has 1 aliphatic heterocycles. The van der Waals surface area contributed by atoms with Gasteiger partial charge >= 0.3 is 12.1 Å². The number of amides is 1. The van der Waals surface area contributed by atoms with E-state index in [-0.39, 0.29) is 56.8 Å². The highest BCUT2D eigenvalue weighted by atomic mass is 32.2. The summed E-state index contributed by atoms with van der Waals surface area (Å²) in [6.45, 7) is 9.41. The van der Waals surface area contributed by atoms with Gasteiger partial charge in [0, 0.05) is 24.4 Å². The van der Waals surface area contributed by atoms with Crippen molar-refractivity contribution in [2.45, 2.75) is 90.4 Å². The van der Waals surface area contributed by atoms with Crippen LogP contribution in [0, 0.1) is 20.8 Å². The first-order chi connectivity index (χ1) is 26.2. The number of aliphatic imine (C=N–C) groups is 1. The second-order valence-corrected chi connectivity index (χ2v) is 16.2. The highest BCUT2D eigenvalue weighted by Gasteiger charge is 2.37. The van der Waals surface area contributed by atoms with Gasteiger partial charge in [-0.15, -0.1) is 0 Å². The van der Waals surface area contributed by atoms with Crippen molar-refractivity contribution in [1.29, 1.82) is 0 Å². The van der Waals surface area contributed by atoms with E-state index in [1.54, 1.807) is 45.2 Å². The number of guanidine groups is 1. The predicted molar refractivity (Wildman–Crippen MR) is 217 cm³/mol. The van der Waals surface area contributed by atoms with Crippen LogP contribution in [0.25, 0.3) is 11.1 Å². The largest absolute Gasteiger partial charge is 0.497 e. The van der Waals surface area contributed by atoms with Gasteiger partial charge in [0.2, 0.25) is 5.96 Å². The number of nitrogens with zero attached hydrogens (tertiary/aromatic N) is 1. The fourth-order valence-corrected chi connectivity index (χ4v) is 8.90. The molecule has 0 saturated carbocycles. The number of carbonyl (C=O) groups excluding carboxylic acids is 2. The fraction of sp³-hybridized carbons (Fsp3) is 0.372. The molecule has 0 radical (unpaired) electrons. The lowest BCUT2D eigenvalue weighted by atomic mass is 9.94. The molecule has 1 amide bonds. The zero-order valence-corrected chi connectivity index (χ0v) is 32.8. The van der Waals surface area contributed by atoms with Gasteiger partial charge < -0.3 is 30.0 Å². The molecule has 2 aliphatic rings. The second-order valence-electron chi connectivity index (χ2n) is 14.5. The summed E-state index contributed by atoms with van der Waals surface area (Å²) in [5.74, 6) is 0.277. The normalized spacial score (nSPS) is 14.6. The molecule has 0 spiro atoms. The van der Waals surface area contributed by atoms with E-state index >= 15 is 0 Å². The number of sulfonamides is 1. The molecule has 0 aromatic heterocycles. The lowest BCUT2D eigenvalue weighted by Crippen LogP contribution is -2.42. The number of nitrogens with one attached hydrogen (secondary N) is 2. The van der Waals surface area contributed by atoms with Gasteiger partial charge in [-0.2, -0.15) is 0 Å². The van der Waals surface area contributed by atoms with Gasteiger partial charge in [-0.1, -0.05) is 68.1 Å². The van der Waals surface area contributed by atoms with Crippen LogP contribution in [0.3, 0.4) is 0 Å². The maximum Gasteiger partial charge on any atom is 0.407 e. The van der Waals surface area contributed by atoms with Gasteiger partial charge in [-0.05, 0) is 104 Å². The molecule has 0 saturated heterocycles. The van der Waals surface area contributed by atoms with E-state index in [1.807, 2.05) is 57.2 Å². The van der Waals surface area contributed by atoms with Crippen LogP contribution in [-0.2, 0) is 37.3 Å². The summed E-state index contributed by atoms with van der Waals surface area (Å²) in [5.41, 5.74) is 13.5. The second kappa shape index (κ2) is 17.1. The summed E-state index contributed by atoms with van der Waals surface area (Å²) in [4.78, 5) is 31.0. The molecule has 1 heterocycles. The molecular formula is C43H52N4O8S. The third kappa shape index (κ3) is 8.94. The Kier molecular flexibility index (Phi) is 12.7. The highest BCUT2D eigenvalue weighted by Crippen LogP contribution is 2.45. The first-order valence-corrected chi connectivity index (χ1v) is 19.7. The number of ether oxygens (including phenoxy) is 4. The molecule has 0 bridgehead atoms. The quantitative estimate of drug-likeness (QED) is 0.0560. The molecular weight excluding hydrogens is 733 g/mol. The zero-order valence-electron chi connectivity index (χ0n) is 32.0. The van der Waals surface area contributed by atoms with Crippen LogP contribution in [0.2, 0.25) is 0 Å². The summed E-state index contributed by atoms with van der Waals surface area (Å²) < 4.78 is 52.3. The Bertz CT molecular complexity index is 2190. The summed E-state index contributed by atoms with van der Waals surface area (Å²) >= 11 is 0. The van der Waals surface area contributed by atoms with Crippen LogP contribution < -0.4 is 25.2 Å². The van der Waals surface area contributed by atoms with E-state index in [0.717, 1.165) is 44.7 Å². The van der Waals surface area contributed by atoms with Crippen molar-refractivity contribution in [3.8, 4) is 22.6 Å². The van der Waals surface area contributed by atoms with Crippen LogP contribution in [0.4, 0.5) is 4.79 Å². The van der Waals surface area contributed by atoms with Crippen molar-refractivity contribution in [3.05, 3.63) is 112 Å². The van der Waals surface area contributed by atoms with E-state index in [9.17, 15) is 18.0 Å². The molecule has 6 rings (SSSR count). The molecule has 4 aromatic carbocycles. The maximum absolute atomic E-state index is 13.6. The standard InChI is InChI=1S/C42H48N4O8S.CH4/c1-25-26(2)38(27(3)34-22-42(4,5)54-37(25)34)55(49,50)46-40(43)44-21-11-16-36(39(47)52-23-28-17-19-29(51-6)20-18-28)45-41(48)53-24-35-32-14-9-7-12-30(32)31-13-8-10-15-33(31)35;/h7-10,12-15,17-20,35-36H,11,16,21-24H2,1-6H3,(H,45,48)(H3,43,44,46);1H4/t36-;/m0./s1. The van der Waals surface area contributed by atoms with Gasteiger partial charge in [0.15, 0.2) is 0 Å². The minimum atomic E-state index is -4.09. The Labute approximate surface area is 329 Å². The minimum absolute atomic E-state index is 0. The fourth-order valence-electron chi connectivity index (χ4n) is 7.37. The predicted octanol–water partition coefficient (Wildman–Crippen LogP) is 6.99. The topological polar surface area (TPSA) is 168 Å².